The van der Waals surface area contributed by atoms with Crippen molar-refractivity contribution in [1.82, 2.24) is 5.01 Å². The first kappa shape index (κ1) is 21.3. The first-order chi connectivity index (χ1) is 14.7. The van der Waals surface area contributed by atoms with Crippen LogP contribution in [0.1, 0.15) is 11.1 Å². The van der Waals surface area contributed by atoms with Crippen molar-refractivity contribution in [2.24, 2.45) is 10.1 Å². The van der Waals surface area contributed by atoms with Crippen LogP contribution in [0.5, 0.6) is 5.75 Å². The summed E-state index contributed by atoms with van der Waals surface area (Å²) < 4.78 is 29.0. The van der Waals surface area contributed by atoms with Crippen molar-refractivity contribution in [3.8, 4) is 5.75 Å². The van der Waals surface area contributed by atoms with Gasteiger partial charge in [0.25, 0.3) is 5.91 Å². The van der Waals surface area contributed by atoms with Crippen LogP contribution in [-0.4, -0.2) is 41.0 Å². The van der Waals surface area contributed by atoms with Crippen LogP contribution in [0.2, 0.25) is 5.02 Å². The Hall–Kier alpha value is -2.95. The molecule has 0 saturated carbocycles. The zero-order valence-corrected chi connectivity index (χ0v) is 18.5. The molecule has 0 fully saturated rings. The van der Waals surface area contributed by atoms with Crippen molar-refractivity contribution in [3.63, 3.8) is 0 Å². The van der Waals surface area contributed by atoms with Crippen molar-refractivity contribution >= 4 is 60.6 Å². The Morgan fingerprint density at radius 3 is 2.65 bits per heavy atom. The Bertz CT molecular complexity index is 1290. The van der Waals surface area contributed by atoms with Crippen LogP contribution < -0.4 is 4.74 Å². The predicted octanol–water partition coefficient (Wildman–Crippen LogP) is 3.54. The zero-order valence-electron chi connectivity index (χ0n) is 16.1. The second kappa shape index (κ2) is 8.29. The summed E-state index contributed by atoms with van der Waals surface area (Å²) in [5, 5.41) is 13.6. The summed E-state index contributed by atoms with van der Waals surface area (Å²) in [6.45, 7) is 0.356. The highest BCUT2D eigenvalue weighted by molar-refractivity contribution is 8.42. The summed E-state index contributed by atoms with van der Waals surface area (Å²) in [6.07, 6.45) is 2.46. The number of carbonyl (C=O) groups excluding carboxylic acids is 1. The fourth-order valence-corrected chi connectivity index (χ4v) is 4.68. The second-order valence-electron chi connectivity index (χ2n) is 6.62. The normalized spacial score (nSPS) is 17.5. The molecular formula is C20H15ClN4O4S2. The number of fused-ring (bicyclic) bond motifs is 1. The fraction of sp³-hybridized carbons (Fsp3) is 0.100. The minimum Gasteiger partial charge on any atom is -0.487 e. The number of thioether (sulfide) groups is 1. The number of amidine groups is 2. The molecule has 158 valence electrons. The van der Waals surface area contributed by atoms with E-state index in [-0.39, 0.29) is 21.0 Å². The van der Waals surface area contributed by atoms with Gasteiger partial charge in [-0.2, -0.15) is 10.0 Å². The molecule has 0 unspecified atom stereocenters. The van der Waals surface area contributed by atoms with Gasteiger partial charge < -0.3 is 4.74 Å². The number of aliphatic imine (C=N–C) groups is 1. The van der Waals surface area contributed by atoms with E-state index in [9.17, 15) is 13.2 Å². The molecule has 0 atom stereocenters. The highest BCUT2D eigenvalue weighted by Crippen LogP contribution is 2.31. The van der Waals surface area contributed by atoms with Crippen LogP contribution in [0, 0.1) is 5.41 Å². The minimum absolute atomic E-state index is 0.0307. The number of nitrogens with zero attached hydrogens (tertiary/aromatic N) is 3. The van der Waals surface area contributed by atoms with Gasteiger partial charge in [-0.1, -0.05) is 48.0 Å². The molecule has 31 heavy (non-hydrogen) atoms. The van der Waals surface area contributed by atoms with Crippen molar-refractivity contribution in [3.05, 3.63) is 70.3 Å². The molecule has 0 aromatic heterocycles. The smallest absolute Gasteiger partial charge is 0.283 e. The third-order valence-electron chi connectivity index (χ3n) is 4.26. The monoisotopic (exact) mass is 474 g/mol. The maximum Gasteiger partial charge on any atom is 0.283 e. The molecule has 11 heteroatoms. The van der Waals surface area contributed by atoms with Crippen LogP contribution in [0.25, 0.3) is 6.08 Å². The Labute approximate surface area is 187 Å². The third kappa shape index (κ3) is 4.55. The standard InChI is InChI=1S/C20H15ClN4O4S2/c1-31(27,28)20-24-25-17(22)14(18(26)23-19(25)30-20)9-13-7-8-16(15(21)10-13)29-11-12-5-3-2-4-6-12/h2-10,22H,11H2,1H3/b14-9-,22-17?. The van der Waals surface area contributed by atoms with Gasteiger partial charge in [-0.25, -0.2) is 8.42 Å². The number of nitrogens with one attached hydrogen (secondary N) is 1. The van der Waals surface area contributed by atoms with E-state index in [4.69, 9.17) is 21.7 Å². The number of hydrogen-bond acceptors (Lipinski definition) is 7. The van der Waals surface area contributed by atoms with Crippen LogP contribution in [0.15, 0.2) is 64.2 Å². The first-order valence-electron chi connectivity index (χ1n) is 8.89. The maximum absolute atomic E-state index is 12.4. The number of ether oxygens (including phenoxy) is 1. The molecule has 4 rings (SSSR count). The Balaban J connectivity index is 1.56. The van der Waals surface area contributed by atoms with E-state index >= 15 is 0 Å². The van der Waals surface area contributed by atoms with Crippen molar-refractivity contribution in [2.75, 3.05) is 6.26 Å². The van der Waals surface area contributed by atoms with Gasteiger partial charge in [0.05, 0.1) is 10.6 Å². The molecule has 8 nitrogen and oxygen atoms in total. The maximum atomic E-state index is 12.4. The van der Waals surface area contributed by atoms with Gasteiger partial charge in [0.15, 0.2) is 5.84 Å². The summed E-state index contributed by atoms with van der Waals surface area (Å²) in [5.74, 6) is -0.438. The van der Waals surface area contributed by atoms with Crippen molar-refractivity contribution < 1.29 is 17.9 Å². The van der Waals surface area contributed by atoms with Crippen molar-refractivity contribution in [1.29, 1.82) is 5.41 Å². The summed E-state index contributed by atoms with van der Waals surface area (Å²) in [6, 6.07) is 14.6. The molecule has 1 N–H and O–H groups in total. The van der Waals surface area contributed by atoms with Crippen LogP contribution >= 0.6 is 23.4 Å². The first-order valence-corrected chi connectivity index (χ1v) is 12.0. The SMILES string of the molecule is CS(=O)(=O)C1=NN2C(=N)/C(=C/c3ccc(OCc4ccccc4)c(Cl)c3)C(=O)N=C2S1. The summed E-state index contributed by atoms with van der Waals surface area (Å²) in [4.78, 5) is 16.3. The minimum atomic E-state index is -3.58. The third-order valence-corrected chi connectivity index (χ3v) is 7.13. The van der Waals surface area contributed by atoms with Gasteiger partial charge in [-0.3, -0.25) is 10.2 Å². The molecule has 2 aromatic rings. The molecule has 0 saturated heterocycles. The van der Waals surface area contributed by atoms with Gasteiger partial charge in [0.2, 0.25) is 19.4 Å². The quantitative estimate of drug-likeness (QED) is 0.678. The van der Waals surface area contributed by atoms with E-state index < -0.39 is 15.7 Å². The number of rotatable bonds is 4. The lowest BCUT2D eigenvalue weighted by atomic mass is 10.1. The zero-order chi connectivity index (χ0) is 22.2. The number of hydrazone groups is 1. The molecule has 0 aliphatic carbocycles. The lowest BCUT2D eigenvalue weighted by Crippen LogP contribution is -2.35. The van der Waals surface area contributed by atoms with E-state index in [2.05, 4.69) is 10.1 Å². The Morgan fingerprint density at radius 2 is 1.97 bits per heavy atom. The molecule has 2 aliphatic rings. The highest BCUT2D eigenvalue weighted by atomic mass is 35.5. The average Bonchev–Trinajstić information content (AvgIpc) is 3.16. The Kier molecular flexibility index (Phi) is 5.69. The van der Waals surface area contributed by atoms with E-state index in [0.29, 0.717) is 22.9 Å². The lowest BCUT2D eigenvalue weighted by molar-refractivity contribution is -0.114. The van der Waals surface area contributed by atoms with Gasteiger partial charge in [0, 0.05) is 6.26 Å². The van der Waals surface area contributed by atoms with E-state index in [1.54, 1.807) is 18.2 Å². The summed E-state index contributed by atoms with van der Waals surface area (Å²) >= 11 is 7.06. The number of benzene rings is 2. The molecule has 0 radical (unpaired) electrons. The molecule has 2 aromatic carbocycles. The molecule has 1 amide bonds. The number of carbonyl (C=O) groups is 1. The number of amides is 1. The predicted molar refractivity (Wildman–Crippen MR) is 122 cm³/mol. The van der Waals surface area contributed by atoms with Crippen LogP contribution in [0.4, 0.5) is 0 Å². The largest absolute Gasteiger partial charge is 0.487 e. The summed E-state index contributed by atoms with van der Waals surface area (Å²) in [7, 11) is -3.58. The van der Waals surface area contributed by atoms with E-state index in [0.717, 1.165) is 28.6 Å². The topological polar surface area (TPSA) is 112 Å². The van der Waals surface area contributed by atoms with Crippen LogP contribution in [-0.2, 0) is 21.2 Å². The number of sulfone groups is 1. The lowest BCUT2D eigenvalue weighted by Gasteiger charge is -2.20. The Morgan fingerprint density at radius 1 is 1.23 bits per heavy atom. The highest BCUT2D eigenvalue weighted by Gasteiger charge is 2.38. The molecule has 0 spiro atoms. The summed E-state index contributed by atoms with van der Waals surface area (Å²) in [5.41, 5.74) is 1.53. The number of hydrogen-bond donors (Lipinski definition) is 1. The van der Waals surface area contributed by atoms with Crippen LogP contribution in [0.3, 0.4) is 0 Å². The van der Waals surface area contributed by atoms with E-state index in [1.807, 2.05) is 30.3 Å². The fourth-order valence-electron chi connectivity index (χ4n) is 2.75. The van der Waals surface area contributed by atoms with Crippen molar-refractivity contribution in [2.45, 2.75) is 6.61 Å². The van der Waals surface area contributed by atoms with Gasteiger partial charge >= 0.3 is 0 Å². The number of halogens is 1. The molecule has 2 aliphatic heterocycles. The molecule has 0 bridgehead atoms. The van der Waals surface area contributed by atoms with Gasteiger partial charge in [0.1, 0.15) is 12.4 Å². The molecular weight excluding hydrogens is 460 g/mol. The van der Waals surface area contributed by atoms with Gasteiger partial charge in [-0.15, -0.1) is 5.10 Å². The van der Waals surface area contributed by atoms with Gasteiger partial charge in [-0.05, 0) is 41.1 Å². The average molecular weight is 475 g/mol. The molecule has 2 heterocycles. The second-order valence-corrected chi connectivity index (χ2v) is 10.2. The van der Waals surface area contributed by atoms with E-state index in [1.165, 1.54) is 6.08 Å².